The van der Waals surface area contributed by atoms with E-state index in [0.29, 0.717) is 13.1 Å². The first-order chi connectivity index (χ1) is 12.6. The number of aromatic nitrogens is 1. The average molecular weight is 349 g/mol. The SMILES string of the molecule is Cc1cccc(C(=O)N2CC[C@@]3(C[C@H]3C(=O)NCc3cccnc3)C2)c1. The lowest BCUT2D eigenvalue weighted by molar-refractivity contribution is -0.123. The molecule has 1 aromatic heterocycles. The number of rotatable bonds is 4. The molecule has 1 spiro atoms. The zero-order valence-corrected chi connectivity index (χ0v) is 14.9. The van der Waals surface area contributed by atoms with Crippen LogP contribution in [0.5, 0.6) is 0 Å². The van der Waals surface area contributed by atoms with Crippen molar-refractivity contribution in [3.05, 3.63) is 65.5 Å². The summed E-state index contributed by atoms with van der Waals surface area (Å²) >= 11 is 0. The summed E-state index contributed by atoms with van der Waals surface area (Å²) in [5, 5.41) is 3.01. The summed E-state index contributed by atoms with van der Waals surface area (Å²) in [5.41, 5.74) is 2.81. The smallest absolute Gasteiger partial charge is 0.253 e. The number of nitrogens with one attached hydrogen (secondary N) is 1. The van der Waals surface area contributed by atoms with Crippen LogP contribution in [0.3, 0.4) is 0 Å². The van der Waals surface area contributed by atoms with Gasteiger partial charge in [-0.1, -0.05) is 23.8 Å². The number of amides is 2. The third-order valence-electron chi connectivity index (χ3n) is 5.63. The van der Waals surface area contributed by atoms with Gasteiger partial charge in [0.2, 0.25) is 5.91 Å². The monoisotopic (exact) mass is 349 g/mol. The first kappa shape index (κ1) is 16.8. The van der Waals surface area contributed by atoms with E-state index < -0.39 is 0 Å². The molecule has 2 aromatic rings. The van der Waals surface area contributed by atoms with Crippen LogP contribution in [0.4, 0.5) is 0 Å². The first-order valence-corrected chi connectivity index (χ1v) is 9.10. The van der Waals surface area contributed by atoms with E-state index in [-0.39, 0.29) is 23.1 Å². The van der Waals surface area contributed by atoms with Crippen molar-refractivity contribution >= 4 is 11.8 Å². The number of pyridine rings is 1. The zero-order valence-electron chi connectivity index (χ0n) is 14.9. The first-order valence-electron chi connectivity index (χ1n) is 9.10. The van der Waals surface area contributed by atoms with Crippen LogP contribution in [-0.4, -0.2) is 34.8 Å². The van der Waals surface area contributed by atoms with Gasteiger partial charge in [0.1, 0.15) is 0 Å². The van der Waals surface area contributed by atoms with Crippen molar-refractivity contribution in [2.45, 2.75) is 26.3 Å². The molecule has 2 aliphatic rings. The molecule has 1 saturated carbocycles. The van der Waals surface area contributed by atoms with E-state index in [9.17, 15) is 9.59 Å². The second kappa shape index (κ2) is 6.56. The summed E-state index contributed by atoms with van der Waals surface area (Å²) in [4.78, 5) is 31.2. The van der Waals surface area contributed by atoms with Crippen LogP contribution in [-0.2, 0) is 11.3 Å². The molecular weight excluding hydrogens is 326 g/mol. The van der Waals surface area contributed by atoms with Gasteiger partial charge in [0.25, 0.3) is 5.91 Å². The molecule has 2 amide bonds. The van der Waals surface area contributed by atoms with E-state index in [4.69, 9.17) is 0 Å². The van der Waals surface area contributed by atoms with Crippen LogP contribution in [0.1, 0.15) is 34.3 Å². The van der Waals surface area contributed by atoms with Gasteiger partial charge in [-0.05, 0) is 43.5 Å². The van der Waals surface area contributed by atoms with Gasteiger partial charge in [0.15, 0.2) is 0 Å². The molecular formula is C21H23N3O2. The molecule has 26 heavy (non-hydrogen) atoms. The van der Waals surface area contributed by atoms with E-state index in [1.165, 1.54) is 0 Å². The molecule has 134 valence electrons. The largest absolute Gasteiger partial charge is 0.352 e. The summed E-state index contributed by atoms with van der Waals surface area (Å²) in [6, 6.07) is 11.5. The van der Waals surface area contributed by atoms with Crippen molar-refractivity contribution in [1.29, 1.82) is 0 Å². The number of hydrogen-bond acceptors (Lipinski definition) is 3. The van der Waals surface area contributed by atoms with E-state index >= 15 is 0 Å². The minimum absolute atomic E-state index is 0.0154. The van der Waals surface area contributed by atoms with Gasteiger partial charge < -0.3 is 10.2 Å². The summed E-state index contributed by atoms with van der Waals surface area (Å²) in [7, 11) is 0. The second-order valence-electron chi connectivity index (χ2n) is 7.54. The van der Waals surface area contributed by atoms with Gasteiger partial charge in [0, 0.05) is 48.9 Å². The summed E-state index contributed by atoms with van der Waals surface area (Å²) in [6.45, 7) is 3.92. The molecule has 2 heterocycles. The van der Waals surface area contributed by atoms with Crippen molar-refractivity contribution in [1.82, 2.24) is 15.2 Å². The fourth-order valence-corrected chi connectivity index (χ4v) is 4.01. The quantitative estimate of drug-likeness (QED) is 0.923. The lowest BCUT2D eigenvalue weighted by Gasteiger charge is -2.17. The van der Waals surface area contributed by atoms with Crippen molar-refractivity contribution in [3.8, 4) is 0 Å². The number of hydrogen-bond donors (Lipinski definition) is 1. The number of benzene rings is 1. The highest BCUT2D eigenvalue weighted by Crippen LogP contribution is 2.58. The average Bonchev–Trinajstić information content (AvgIpc) is 3.20. The Bertz CT molecular complexity index is 836. The van der Waals surface area contributed by atoms with Crippen molar-refractivity contribution in [2.75, 3.05) is 13.1 Å². The fraction of sp³-hybridized carbons (Fsp3) is 0.381. The molecule has 0 unspecified atom stereocenters. The molecule has 4 rings (SSSR count). The highest BCUT2D eigenvalue weighted by molar-refractivity contribution is 5.95. The van der Waals surface area contributed by atoms with Gasteiger partial charge >= 0.3 is 0 Å². The Morgan fingerprint density at radius 1 is 1.31 bits per heavy atom. The molecule has 5 heteroatoms. The van der Waals surface area contributed by atoms with Gasteiger partial charge in [-0.25, -0.2) is 0 Å². The molecule has 2 atom stereocenters. The van der Waals surface area contributed by atoms with Crippen LogP contribution in [0.15, 0.2) is 48.8 Å². The maximum Gasteiger partial charge on any atom is 0.253 e. The van der Waals surface area contributed by atoms with Crippen molar-refractivity contribution in [3.63, 3.8) is 0 Å². The number of likely N-dealkylation sites (tertiary alicyclic amines) is 1. The van der Waals surface area contributed by atoms with E-state index in [2.05, 4.69) is 10.3 Å². The third-order valence-corrected chi connectivity index (χ3v) is 5.63. The number of aryl methyl sites for hydroxylation is 1. The molecule has 2 fully saturated rings. The van der Waals surface area contributed by atoms with Gasteiger partial charge in [-0.3, -0.25) is 14.6 Å². The lowest BCUT2D eigenvalue weighted by Crippen LogP contribution is -2.31. The molecule has 1 aromatic carbocycles. The number of carbonyl (C=O) groups excluding carboxylic acids is 2. The Morgan fingerprint density at radius 3 is 2.96 bits per heavy atom. The summed E-state index contributed by atoms with van der Waals surface area (Å²) in [6.07, 6.45) is 5.28. The maximum absolute atomic E-state index is 12.7. The van der Waals surface area contributed by atoms with Gasteiger partial charge in [-0.15, -0.1) is 0 Å². The summed E-state index contributed by atoms with van der Waals surface area (Å²) < 4.78 is 0. The predicted molar refractivity (Wildman–Crippen MR) is 98.3 cm³/mol. The molecule has 5 nitrogen and oxygen atoms in total. The maximum atomic E-state index is 12.7. The zero-order chi connectivity index (χ0) is 18.1. The summed E-state index contributed by atoms with van der Waals surface area (Å²) in [5.74, 6) is 0.195. The lowest BCUT2D eigenvalue weighted by atomic mass is 10.0. The minimum Gasteiger partial charge on any atom is -0.352 e. The van der Waals surface area contributed by atoms with E-state index in [1.54, 1.807) is 12.4 Å². The molecule has 1 saturated heterocycles. The van der Waals surface area contributed by atoms with Crippen LogP contribution >= 0.6 is 0 Å². The fourth-order valence-electron chi connectivity index (χ4n) is 4.01. The van der Waals surface area contributed by atoms with Crippen LogP contribution < -0.4 is 5.32 Å². The minimum atomic E-state index is -0.0154. The van der Waals surface area contributed by atoms with Crippen molar-refractivity contribution < 1.29 is 9.59 Å². The van der Waals surface area contributed by atoms with Crippen LogP contribution in [0.2, 0.25) is 0 Å². The Kier molecular flexibility index (Phi) is 4.23. The van der Waals surface area contributed by atoms with Gasteiger partial charge in [0.05, 0.1) is 0 Å². The Labute approximate surface area is 153 Å². The van der Waals surface area contributed by atoms with E-state index in [0.717, 1.165) is 36.1 Å². The number of carbonyl (C=O) groups is 2. The molecule has 1 aliphatic carbocycles. The normalized spacial score (nSPS) is 23.9. The Morgan fingerprint density at radius 2 is 2.19 bits per heavy atom. The number of nitrogens with zero attached hydrogens (tertiary/aromatic N) is 2. The molecule has 0 radical (unpaired) electrons. The van der Waals surface area contributed by atoms with Crippen LogP contribution in [0, 0.1) is 18.3 Å². The third kappa shape index (κ3) is 3.21. The molecule has 1 aliphatic heterocycles. The highest BCUT2D eigenvalue weighted by atomic mass is 16.2. The van der Waals surface area contributed by atoms with Crippen molar-refractivity contribution in [2.24, 2.45) is 11.3 Å². The molecule has 1 N–H and O–H groups in total. The Hall–Kier alpha value is -2.69. The predicted octanol–water partition coefficient (Wildman–Crippen LogP) is 2.56. The second-order valence-corrected chi connectivity index (χ2v) is 7.54. The highest BCUT2D eigenvalue weighted by Gasteiger charge is 2.61. The molecule has 0 bridgehead atoms. The van der Waals surface area contributed by atoms with Gasteiger partial charge in [-0.2, -0.15) is 0 Å². The standard InChI is InChI=1S/C21H23N3O2/c1-15-4-2-6-17(10-15)20(26)24-9-7-21(14-24)11-18(21)19(25)23-13-16-5-3-8-22-12-16/h2-6,8,10,12,18H,7,9,11,13-14H2,1H3,(H,23,25)/t18-,21+/m0/s1. The van der Waals surface area contributed by atoms with Crippen LogP contribution in [0.25, 0.3) is 0 Å². The topological polar surface area (TPSA) is 62.3 Å². The Balaban J connectivity index is 1.34. The van der Waals surface area contributed by atoms with E-state index in [1.807, 2.05) is 48.2 Å².